The van der Waals surface area contributed by atoms with Gasteiger partial charge in [-0.15, -0.1) is 0 Å². The van der Waals surface area contributed by atoms with Gasteiger partial charge in [0.25, 0.3) is 0 Å². The van der Waals surface area contributed by atoms with Gasteiger partial charge in [-0.1, -0.05) is 6.07 Å². The zero-order valence-corrected chi connectivity index (χ0v) is 17.6. The molecule has 0 aliphatic carbocycles. The molecular weight excluding hydrogens is 383 g/mol. The summed E-state index contributed by atoms with van der Waals surface area (Å²) in [4.78, 5) is 9.30. The van der Waals surface area contributed by atoms with Gasteiger partial charge in [0.15, 0.2) is 11.6 Å². The van der Waals surface area contributed by atoms with Crippen LogP contribution in [0.3, 0.4) is 0 Å². The molecule has 6 nitrogen and oxygen atoms in total. The Hall–Kier alpha value is -2.38. The van der Waals surface area contributed by atoms with Crippen LogP contribution in [0.15, 0.2) is 36.5 Å². The van der Waals surface area contributed by atoms with Gasteiger partial charge in [-0.25, -0.2) is 9.37 Å². The van der Waals surface area contributed by atoms with E-state index in [-0.39, 0.29) is 5.82 Å². The van der Waals surface area contributed by atoms with E-state index in [9.17, 15) is 4.39 Å². The van der Waals surface area contributed by atoms with Crippen LogP contribution in [-0.2, 0) is 11.3 Å². The highest BCUT2D eigenvalue weighted by molar-refractivity contribution is 5.49. The van der Waals surface area contributed by atoms with Crippen molar-refractivity contribution >= 4 is 11.5 Å². The molecule has 2 aromatic rings. The first-order valence-electron chi connectivity index (χ1n) is 10.9. The first-order valence-corrected chi connectivity index (χ1v) is 10.9. The molecule has 0 amide bonds. The van der Waals surface area contributed by atoms with Crippen LogP contribution >= 0.6 is 0 Å². The highest BCUT2D eigenvalue weighted by Gasteiger charge is 2.20. The summed E-state index contributed by atoms with van der Waals surface area (Å²) < 4.78 is 24.5. The number of nitrogens with zero attached hydrogens (tertiary/aromatic N) is 3. The van der Waals surface area contributed by atoms with E-state index in [4.69, 9.17) is 9.47 Å². The second-order valence-corrected chi connectivity index (χ2v) is 7.90. The minimum Gasteiger partial charge on any atom is -0.491 e. The Morgan fingerprint density at radius 3 is 2.63 bits per heavy atom. The monoisotopic (exact) mass is 414 g/mol. The number of halogens is 1. The van der Waals surface area contributed by atoms with Gasteiger partial charge in [-0.05, 0) is 49.6 Å². The number of hydrogen-bond acceptors (Lipinski definition) is 6. The molecule has 0 radical (unpaired) electrons. The zero-order chi connectivity index (χ0) is 20.8. The number of nitrogens with one attached hydrogen (secondary N) is 1. The number of benzene rings is 1. The fourth-order valence-corrected chi connectivity index (χ4v) is 4.09. The summed E-state index contributed by atoms with van der Waals surface area (Å²) in [6.45, 7) is 8.53. The quantitative estimate of drug-likeness (QED) is 0.748. The predicted molar refractivity (Wildman–Crippen MR) is 117 cm³/mol. The predicted octanol–water partition coefficient (Wildman–Crippen LogP) is 3.53. The maximum atomic E-state index is 13.8. The number of piperidine rings is 1. The Labute approximate surface area is 178 Å². The molecule has 0 saturated carbocycles. The number of hydrogen-bond donors (Lipinski definition) is 1. The molecule has 30 heavy (non-hydrogen) atoms. The Morgan fingerprint density at radius 2 is 1.93 bits per heavy atom. The molecule has 0 unspecified atom stereocenters. The van der Waals surface area contributed by atoms with E-state index >= 15 is 0 Å². The summed E-state index contributed by atoms with van der Waals surface area (Å²) in [5.41, 5.74) is 2.17. The van der Waals surface area contributed by atoms with Crippen molar-refractivity contribution in [2.45, 2.75) is 32.4 Å². The van der Waals surface area contributed by atoms with Crippen LogP contribution < -0.4 is 15.0 Å². The van der Waals surface area contributed by atoms with Gasteiger partial charge >= 0.3 is 0 Å². The summed E-state index contributed by atoms with van der Waals surface area (Å²) in [7, 11) is 0. The van der Waals surface area contributed by atoms with E-state index in [2.05, 4.69) is 32.2 Å². The molecule has 2 saturated heterocycles. The Kier molecular flexibility index (Phi) is 7.02. The number of rotatable bonds is 7. The van der Waals surface area contributed by atoms with E-state index in [1.807, 2.05) is 25.3 Å². The lowest BCUT2D eigenvalue weighted by Gasteiger charge is -2.33. The van der Waals surface area contributed by atoms with Gasteiger partial charge < -0.3 is 19.7 Å². The molecule has 2 aliphatic heterocycles. The Balaban J connectivity index is 1.25. The third-order valence-corrected chi connectivity index (χ3v) is 5.74. The van der Waals surface area contributed by atoms with Crippen molar-refractivity contribution in [1.82, 2.24) is 9.88 Å². The maximum Gasteiger partial charge on any atom is 0.165 e. The average molecular weight is 415 g/mol. The average Bonchev–Trinajstić information content (AvgIpc) is 2.79. The topological polar surface area (TPSA) is 49.9 Å². The van der Waals surface area contributed by atoms with E-state index < -0.39 is 0 Å². The molecule has 1 N–H and O–H groups in total. The number of ether oxygens (including phenoxy) is 2. The van der Waals surface area contributed by atoms with Crippen molar-refractivity contribution in [1.29, 1.82) is 0 Å². The van der Waals surface area contributed by atoms with Crippen LogP contribution in [0.2, 0.25) is 0 Å². The fraction of sp³-hybridized carbons (Fsp3) is 0.522. The van der Waals surface area contributed by atoms with E-state index in [0.29, 0.717) is 18.4 Å². The van der Waals surface area contributed by atoms with Crippen LogP contribution in [0.4, 0.5) is 15.9 Å². The molecule has 4 rings (SSSR count). The SMILES string of the molecule is CCOc1cc(CN2CCC(Nc3ccc(N4CCOCC4)nc3)CC2)ccc1F. The molecule has 2 aliphatic rings. The number of anilines is 2. The molecule has 3 heterocycles. The smallest absolute Gasteiger partial charge is 0.165 e. The molecule has 162 valence electrons. The first-order chi connectivity index (χ1) is 14.7. The number of pyridine rings is 1. The standard InChI is InChI=1S/C23H31FN4O2/c1-2-30-22-15-18(3-5-21(22)24)17-27-9-7-19(8-10-27)26-20-4-6-23(25-16-20)28-11-13-29-14-12-28/h3-6,15-16,19,26H,2,7-14,17H2,1H3. The lowest BCUT2D eigenvalue weighted by Crippen LogP contribution is -2.38. The van der Waals surface area contributed by atoms with Crippen LogP contribution in [0.1, 0.15) is 25.3 Å². The van der Waals surface area contributed by atoms with Gasteiger partial charge in [0.05, 0.1) is 31.7 Å². The highest BCUT2D eigenvalue weighted by atomic mass is 19.1. The molecule has 1 aromatic carbocycles. The lowest BCUT2D eigenvalue weighted by atomic mass is 10.0. The molecule has 7 heteroatoms. The Morgan fingerprint density at radius 1 is 1.13 bits per heavy atom. The van der Waals surface area contributed by atoms with Crippen molar-refractivity contribution in [2.24, 2.45) is 0 Å². The van der Waals surface area contributed by atoms with Crippen molar-refractivity contribution in [3.8, 4) is 5.75 Å². The van der Waals surface area contributed by atoms with Crippen molar-refractivity contribution < 1.29 is 13.9 Å². The number of aromatic nitrogens is 1. The largest absolute Gasteiger partial charge is 0.491 e. The molecule has 0 bridgehead atoms. The van der Waals surface area contributed by atoms with E-state index in [1.165, 1.54) is 6.07 Å². The van der Waals surface area contributed by atoms with Gasteiger partial charge in [-0.3, -0.25) is 4.90 Å². The van der Waals surface area contributed by atoms with E-state index in [0.717, 1.165) is 75.8 Å². The minimum absolute atomic E-state index is 0.295. The molecule has 0 spiro atoms. The van der Waals surface area contributed by atoms with Gasteiger partial charge in [0, 0.05) is 38.8 Å². The third kappa shape index (κ3) is 5.40. The second kappa shape index (κ2) is 10.1. The number of likely N-dealkylation sites (tertiary alicyclic amines) is 1. The van der Waals surface area contributed by atoms with Gasteiger partial charge in [-0.2, -0.15) is 0 Å². The lowest BCUT2D eigenvalue weighted by molar-refractivity contribution is 0.122. The number of morpholine rings is 1. The van der Waals surface area contributed by atoms with Crippen molar-refractivity contribution in [2.75, 3.05) is 56.2 Å². The highest BCUT2D eigenvalue weighted by Crippen LogP contribution is 2.23. The normalized spacial score (nSPS) is 18.4. The molecule has 2 fully saturated rings. The van der Waals surface area contributed by atoms with Crippen molar-refractivity contribution in [3.05, 3.63) is 47.9 Å². The summed E-state index contributed by atoms with van der Waals surface area (Å²) in [6, 6.07) is 9.84. The van der Waals surface area contributed by atoms with Gasteiger partial charge in [0.1, 0.15) is 5.82 Å². The molecule has 1 aromatic heterocycles. The summed E-state index contributed by atoms with van der Waals surface area (Å²) in [5.74, 6) is 1.07. The van der Waals surface area contributed by atoms with Crippen LogP contribution in [-0.4, -0.2) is 61.9 Å². The fourth-order valence-electron chi connectivity index (χ4n) is 4.09. The zero-order valence-electron chi connectivity index (χ0n) is 17.6. The van der Waals surface area contributed by atoms with Crippen molar-refractivity contribution in [3.63, 3.8) is 0 Å². The van der Waals surface area contributed by atoms with Gasteiger partial charge in [0.2, 0.25) is 0 Å². The summed E-state index contributed by atoms with van der Waals surface area (Å²) in [5, 5.41) is 3.63. The molecular formula is C23H31FN4O2. The Bertz CT molecular complexity index is 803. The molecule has 0 atom stereocenters. The second-order valence-electron chi connectivity index (χ2n) is 7.90. The summed E-state index contributed by atoms with van der Waals surface area (Å²) in [6.07, 6.45) is 4.08. The van der Waals surface area contributed by atoms with Crippen LogP contribution in [0.5, 0.6) is 5.75 Å². The maximum absolute atomic E-state index is 13.8. The summed E-state index contributed by atoms with van der Waals surface area (Å²) >= 11 is 0. The third-order valence-electron chi connectivity index (χ3n) is 5.74. The minimum atomic E-state index is -0.295. The van der Waals surface area contributed by atoms with Crippen LogP contribution in [0, 0.1) is 5.82 Å². The van der Waals surface area contributed by atoms with E-state index in [1.54, 1.807) is 0 Å². The first kappa shape index (κ1) is 20.9. The van der Waals surface area contributed by atoms with Crippen LogP contribution in [0.25, 0.3) is 0 Å².